The molecule has 0 saturated carbocycles. The molecule has 0 fully saturated rings. The molecule has 0 unspecified atom stereocenters. The van der Waals surface area contributed by atoms with Gasteiger partial charge < -0.3 is 11.5 Å². The first-order chi connectivity index (χ1) is 5.60. The van der Waals surface area contributed by atoms with E-state index in [1.165, 1.54) is 18.2 Å². The van der Waals surface area contributed by atoms with Crippen molar-refractivity contribution in [2.24, 2.45) is 0 Å². The number of nitriles is 3. The van der Waals surface area contributed by atoms with Crippen LogP contribution in [0.5, 0.6) is 0 Å². The maximum atomic E-state index is 8.23. The number of nitrogens with zero attached hydrogens (tertiary/aromatic N) is 3. The van der Waals surface area contributed by atoms with E-state index in [1.807, 2.05) is 0 Å². The van der Waals surface area contributed by atoms with Crippen molar-refractivity contribution in [3.8, 4) is 18.2 Å². The summed E-state index contributed by atoms with van der Waals surface area (Å²) in [7, 11) is -2.31. The van der Waals surface area contributed by atoms with Crippen molar-refractivity contribution in [3.63, 3.8) is 0 Å². The Balaban J connectivity index is -0.000000605. The van der Waals surface area contributed by atoms with Crippen LogP contribution in [-0.4, -0.2) is 23.0 Å². The van der Waals surface area contributed by atoms with Crippen molar-refractivity contribution in [2.45, 2.75) is 5.60 Å². The SMILES string of the molecule is N#CC(C#N)(C#N)OOB(O)O.[H-].[Na+]. The first kappa shape index (κ1) is 14.9. The summed E-state index contributed by atoms with van der Waals surface area (Å²) in [5, 5.41) is 40.8. The molecule has 0 atom stereocenters. The first-order valence-corrected chi connectivity index (χ1v) is 2.54. The van der Waals surface area contributed by atoms with Crippen molar-refractivity contribution in [2.75, 3.05) is 0 Å². The topological polar surface area (TPSA) is 130 Å². The second-order valence-corrected chi connectivity index (χ2v) is 1.52. The quantitative estimate of drug-likeness (QED) is 0.260. The van der Waals surface area contributed by atoms with Crippen LogP contribution < -0.4 is 29.6 Å². The van der Waals surface area contributed by atoms with Crippen molar-refractivity contribution < 1.29 is 50.7 Å². The molecule has 2 N–H and O–H groups in total. The predicted molar refractivity (Wildman–Crippen MR) is 33.0 cm³/mol. The summed E-state index contributed by atoms with van der Waals surface area (Å²) in [4.78, 5) is 7.48. The standard InChI is InChI=1S/C4H2BN3O4.Na.H/c6-1-4(2-7,3-8)11-12-5(9)10;;/h9-10H;;/q;+1;-1. The van der Waals surface area contributed by atoms with Gasteiger partial charge in [0.25, 0.3) is 0 Å². The third kappa shape index (κ3) is 4.84. The molecule has 0 amide bonds. The van der Waals surface area contributed by atoms with Crippen molar-refractivity contribution in [1.29, 1.82) is 15.8 Å². The van der Waals surface area contributed by atoms with Crippen LogP contribution in [0.1, 0.15) is 1.43 Å². The van der Waals surface area contributed by atoms with Crippen LogP contribution in [0.3, 0.4) is 0 Å². The Kier molecular flexibility index (Phi) is 7.83. The largest absolute Gasteiger partial charge is 1.00 e. The summed E-state index contributed by atoms with van der Waals surface area (Å²) < 4.78 is 0. The van der Waals surface area contributed by atoms with Gasteiger partial charge in [-0.2, -0.15) is 20.7 Å². The van der Waals surface area contributed by atoms with E-state index in [0.717, 1.165) is 0 Å². The van der Waals surface area contributed by atoms with Crippen LogP contribution >= 0.6 is 0 Å². The fourth-order valence-electron chi connectivity index (χ4n) is 0.246. The summed E-state index contributed by atoms with van der Waals surface area (Å²) in [6, 6.07) is 3.54. The van der Waals surface area contributed by atoms with E-state index in [2.05, 4.69) is 9.69 Å². The number of rotatable bonds is 3. The molecule has 0 aliphatic heterocycles. The minimum Gasteiger partial charge on any atom is -1.00 e. The molecule has 0 aliphatic rings. The fraction of sp³-hybridized carbons (Fsp3) is 0.250. The average molecular weight is 191 g/mol. The Morgan fingerprint density at radius 1 is 1.15 bits per heavy atom. The summed E-state index contributed by atoms with van der Waals surface area (Å²) in [5.41, 5.74) is -2.47. The van der Waals surface area contributed by atoms with E-state index in [1.54, 1.807) is 0 Å². The molecule has 0 bridgehead atoms. The minimum absolute atomic E-state index is 0. The smallest absolute Gasteiger partial charge is 1.00 e. The summed E-state index contributed by atoms with van der Waals surface area (Å²) in [5.74, 6) is 0. The third-order valence-electron chi connectivity index (χ3n) is 0.732. The van der Waals surface area contributed by atoms with E-state index in [-0.39, 0.29) is 31.0 Å². The van der Waals surface area contributed by atoms with Gasteiger partial charge in [-0.1, -0.05) is 0 Å². The zero-order chi connectivity index (χ0) is 9.61. The zero-order valence-electron chi connectivity index (χ0n) is 7.63. The van der Waals surface area contributed by atoms with Crippen molar-refractivity contribution in [1.82, 2.24) is 0 Å². The Bertz CT molecular complexity index is 246. The molecule has 0 aromatic heterocycles. The predicted octanol–water partition coefficient (Wildman–Crippen LogP) is -4.67. The summed E-state index contributed by atoms with van der Waals surface area (Å²) in [6.07, 6.45) is 0. The van der Waals surface area contributed by atoms with Gasteiger partial charge in [0.1, 0.15) is 18.2 Å². The monoisotopic (exact) mass is 191 g/mol. The molecule has 62 valence electrons. The molecule has 0 heterocycles. The molecule has 0 radical (unpaired) electrons. The molecule has 13 heavy (non-hydrogen) atoms. The third-order valence-corrected chi connectivity index (χ3v) is 0.732. The Morgan fingerprint density at radius 2 is 1.54 bits per heavy atom. The van der Waals surface area contributed by atoms with Crippen LogP contribution in [0.2, 0.25) is 0 Å². The van der Waals surface area contributed by atoms with Gasteiger partial charge in [0.05, 0.1) is 0 Å². The molecule has 0 saturated heterocycles. The number of hydrogen-bond acceptors (Lipinski definition) is 7. The van der Waals surface area contributed by atoms with E-state index >= 15 is 0 Å². The van der Waals surface area contributed by atoms with Crippen molar-refractivity contribution in [3.05, 3.63) is 0 Å². The minimum atomic E-state index is -2.47. The van der Waals surface area contributed by atoms with Crippen LogP contribution in [-0.2, 0) is 9.69 Å². The molecule has 7 nitrogen and oxygen atoms in total. The van der Waals surface area contributed by atoms with Gasteiger partial charge in [0.15, 0.2) is 0 Å². The number of hydrogen-bond donors (Lipinski definition) is 2. The molecule has 9 heteroatoms. The van der Waals surface area contributed by atoms with Crippen LogP contribution in [0.15, 0.2) is 0 Å². The van der Waals surface area contributed by atoms with Crippen molar-refractivity contribution >= 4 is 7.32 Å². The molecule has 0 aromatic carbocycles. The van der Waals surface area contributed by atoms with Crippen LogP contribution in [0, 0.1) is 34.0 Å². The van der Waals surface area contributed by atoms with Gasteiger partial charge >= 0.3 is 42.5 Å². The molecular weight excluding hydrogens is 188 g/mol. The van der Waals surface area contributed by atoms with Crippen LogP contribution in [0.25, 0.3) is 0 Å². The Labute approximate surface area is 97.6 Å². The Hall–Kier alpha value is -0.625. The van der Waals surface area contributed by atoms with Gasteiger partial charge in [0, 0.05) is 0 Å². The maximum absolute atomic E-state index is 8.23. The molecular formula is C4H3BN3NaO4. The normalized spacial score (nSPS) is 8.54. The molecule has 0 rings (SSSR count). The van der Waals surface area contributed by atoms with E-state index in [4.69, 9.17) is 25.8 Å². The van der Waals surface area contributed by atoms with Gasteiger partial charge in [-0.15, -0.1) is 0 Å². The molecule has 0 spiro atoms. The van der Waals surface area contributed by atoms with E-state index in [9.17, 15) is 0 Å². The van der Waals surface area contributed by atoms with E-state index < -0.39 is 12.9 Å². The van der Waals surface area contributed by atoms with Gasteiger partial charge in [0.2, 0.25) is 0 Å². The zero-order valence-corrected chi connectivity index (χ0v) is 8.63. The van der Waals surface area contributed by atoms with E-state index in [0.29, 0.717) is 0 Å². The van der Waals surface area contributed by atoms with Gasteiger partial charge in [-0.05, 0) is 0 Å². The summed E-state index contributed by atoms with van der Waals surface area (Å²) >= 11 is 0. The average Bonchev–Trinajstić information content (AvgIpc) is 2.08. The Morgan fingerprint density at radius 3 is 1.77 bits per heavy atom. The van der Waals surface area contributed by atoms with Gasteiger partial charge in [-0.3, -0.25) is 0 Å². The second kappa shape index (κ2) is 6.84. The first-order valence-electron chi connectivity index (χ1n) is 2.54. The van der Waals surface area contributed by atoms with Crippen LogP contribution in [0.4, 0.5) is 0 Å². The molecule has 0 aliphatic carbocycles. The summed E-state index contributed by atoms with van der Waals surface area (Å²) in [6.45, 7) is 0. The maximum Gasteiger partial charge on any atom is 1.00 e. The van der Waals surface area contributed by atoms with Gasteiger partial charge in [-0.25, -0.2) is 4.81 Å². The molecule has 0 aromatic rings. The fourth-order valence-corrected chi connectivity index (χ4v) is 0.246. The second-order valence-electron chi connectivity index (χ2n) is 1.52.